The molecule has 1 aromatic carbocycles. The first-order valence-corrected chi connectivity index (χ1v) is 6.82. The number of aromatic nitrogens is 1. The van der Waals surface area contributed by atoms with Gasteiger partial charge in [0.25, 0.3) is 6.47 Å². The smallest absolute Gasteiger partial charge is 0.293 e. The first-order chi connectivity index (χ1) is 8.48. The lowest BCUT2D eigenvalue weighted by molar-refractivity contribution is -0.138. The maximum absolute atomic E-state index is 9.60. The van der Waals surface area contributed by atoms with E-state index in [2.05, 4.69) is 49.9 Å². The van der Waals surface area contributed by atoms with Crippen molar-refractivity contribution in [1.29, 1.82) is 0 Å². The molecule has 0 aliphatic carbocycles. The van der Waals surface area contributed by atoms with Gasteiger partial charge in [0.2, 0.25) is 0 Å². The Balaban J connectivity index is 0.000000203. The lowest BCUT2D eigenvalue weighted by atomic mass is 10.2. The summed E-state index contributed by atoms with van der Waals surface area (Å²) in [5.74, 6) is 0. The zero-order valence-electron chi connectivity index (χ0n) is 10.9. The molecule has 0 radical (unpaired) electrons. The summed E-state index contributed by atoms with van der Waals surface area (Å²) in [6, 6.07) is 8.39. The van der Waals surface area contributed by atoms with Gasteiger partial charge in [-0.15, -0.1) is 0 Å². The quantitative estimate of drug-likeness (QED) is 0.672. The van der Waals surface area contributed by atoms with Crippen LogP contribution in [0, 0.1) is 0 Å². The van der Waals surface area contributed by atoms with Gasteiger partial charge >= 0.3 is 0 Å². The zero-order valence-corrected chi connectivity index (χ0v) is 12.5. The molecular formula is C14H18BrNO2. The molecule has 0 saturated carbocycles. The van der Waals surface area contributed by atoms with Crippen LogP contribution >= 0.6 is 15.9 Å². The second kappa shape index (κ2) is 6.59. The number of hydrogen-bond acceptors (Lipinski definition) is 2. The van der Waals surface area contributed by atoms with Crippen LogP contribution in [0.5, 0.6) is 0 Å². The molecule has 3 nitrogen and oxygen atoms in total. The second-order valence-corrected chi connectivity index (χ2v) is 5.38. The minimum atomic E-state index is -0.318. The van der Waals surface area contributed by atoms with Crippen LogP contribution < -0.4 is 0 Å². The van der Waals surface area contributed by atoms with Crippen LogP contribution in [0.4, 0.5) is 0 Å². The van der Waals surface area contributed by atoms with Crippen LogP contribution in [0.3, 0.4) is 0 Å². The molecule has 18 heavy (non-hydrogen) atoms. The van der Waals surface area contributed by atoms with E-state index in [4.69, 9.17) is 0 Å². The Labute approximate surface area is 116 Å². The van der Waals surface area contributed by atoms with Crippen LogP contribution in [-0.2, 0) is 14.9 Å². The SMILES string of the molecule is BrCc1cccc2cc[nH]c12.CC(C)(C)OC=O. The topological polar surface area (TPSA) is 42.1 Å². The van der Waals surface area contributed by atoms with Crippen molar-refractivity contribution in [3.05, 3.63) is 36.0 Å². The highest BCUT2D eigenvalue weighted by atomic mass is 79.9. The summed E-state index contributed by atoms with van der Waals surface area (Å²) >= 11 is 3.44. The number of H-pyrrole nitrogens is 1. The van der Waals surface area contributed by atoms with Crippen molar-refractivity contribution >= 4 is 33.3 Å². The lowest BCUT2D eigenvalue weighted by Crippen LogP contribution is -2.17. The van der Waals surface area contributed by atoms with E-state index in [1.54, 1.807) is 0 Å². The van der Waals surface area contributed by atoms with Crippen molar-refractivity contribution in [2.45, 2.75) is 31.7 Å². The zero-order chi connectivity index (χ0) is 13.6. The molecule has 1 heterocycles. The third-order valence-electron chi connectivity index (χ3n) is 2.22. The van der Waals surface area contributed by atoms with Crippen molar-refractivity contribution in [1.82, 2.24) is 4.98 Å². The molecule has 0 bridgehead atoms. The van der Waals surface area contributed by atoms with Crippen molar-refractivity contribution in [2.75, 3.05) is 0 Å². The number of hydrogen-bond donors (Lipinski definition) is 1. The van der Waals surface area contributed by atoms with E-state index in [-0.39, 0.29) is 5.60 Å². The predicted octanol–water partition coefficient (Wildman–Crippen LogP) is 4.02. The molecule has 2 aromatic rings. The first-order valence-electron chi connectivity index (χ1n) is 5.70. The Morgan fingerprint density at radius 3 is 2.56 bits per heavy atom. The average molecular weight is 312 g/mol. The molecule has 2 rings (SSSR count). The highest BCUT2D eigenvalue weighted by molar-refractivity contribution is 9.08. The standard InChI is InChI=1S/C9H8BrN.C5H10O2/c10-6-8-3-1-2-7-4-5-11-9(7)8;1-5(2,3)7-4-6/h1-5,11H,6H2;4H,1-3H3. The normalized spacial score (nSPS) is 10.7. The third-order valence-corrected chi connectivity index (χ3v) is 2.82. The number of ether oxygens (including phenoxy) is 1. The van der Waals surface area contributed by atoms with Gasteiger partial charge in [0, 0.05) is 17.0 Å². The van der Waals surface area contributed by atoms with Gasteiger partial charge in [-0.2, -0.15) is 0 Å². The first kappa shape index (κ1) is 14.8. The summed E-state index contributed by atoms with van der Waals surface area (Å²) in [5.41, 5.74) is 2.23. The Kier molecular flexibility index (Phi) is 5.41. The van der Waals surface area contributed by atoms with Gasteiger partial charge in [-0.3, -0.25) is 4.79 Å². The summed E-state index contributed by atoms with van der Waals surface area (Å²) in [6.07, 6.45) is 1.97. The molecule has 0 saturated heterocycles. The van der Waals surface area contributed by atoms with Gasteiger partial charge in [-0.1, -0.05) is 34.1 Å². The molecule has 0 fully saturated rings. The fraction of sp³-hybridized carbons (Fsp3) is 0.357. The number of aromatic amines is 1. The van der Waals surface area contributed by atoms with Gasteiger partial charge in [0.05, 0.1) is 0 Å². The number of alkyl halides is 1. The Bertz CT molecular complexity index is 500. The maximum Gasteiger partial charge on any atom is 0.293 e. The fourth-order valence-corrected chi connectivity index (χ4v) is 1.87. The predicted molar refractivity (Wildman–Crippen MR) is 77.8 cm³/mol. The Morgan fingerprint density at radius 2 is 2.06 bits per heavy atom. The van der Waals surface area contributed by atoms with Gasteiger partial charge in [0.15, 0.2) is 0 Å². The summed E-state index contributed by atoms with van der Waals surface area (Å²) in [7, 11) is 0. The fourth-order valence-electron chi connectivity index (χ4n) is 1.41. The minimum Gasteiger partial charge on any atom is -0.462 e. The van der Waals surface area contributed by atoms with E-state index in [9.17, 15) is 4.79 Å². The van der Waals surface area contributed by atoms with Crippen molar-refractivity contribution in [2.24, 2.45) is 0 Å². The largest absolute Gasteiger partial charge is 0.462 e. The van der Waals surface area contributed by atoms with Gasteiger partial charge in [-0.25, -0.2) is 0 Å². The van der Waals surface area contributed by atoms with Crippen molar-refractivity contribution in [3.8, 4) is 0 Å². The molecule has 0 atom stereocenters. The number of nitrogens with one attached hydrogen (secondary N) is 1. The third kappa shape index (κ3) is 4.53. The van der Waals surface area contributed by atoms with Crippen LogP contribution in [0.25, 0.3) is 10.9 Å². The summed E-state index contributed by atoms with van der Waals surface area (Å²) in [6.45, 7) is 5.92. The van der Waals surface area contributed by atoms with Gasteiger partial charge in [0.1, 0.15) is 5.60 Å². The number of rotatable bonds is 2. The van der Waals surface area contributed by atoms with E-state index in [1.807, 2.05) is 27.0 Å². The summed E-state index contributed by atoms with van der Waals surface area (Å²) in [5, 5.41) is 2.19. The number of carbonyl (C=O) groups excluding carboxylic acids is 1. The maximum atomic E-state index is 9.60. The van der Waals surface area contributed by atoms with Gasteiger partial charge < -0.3 is 9.72 Å². The highest BCUT2D eigenvalue weighted by Crippen LogP contribution is 2.18. The number of halogens is 1. The Hall–Kier alpha value is -1.29. The molecule has 0 spiro atoms. The lowest BCUT2D eigenvalue weighted by Gasteiger charge is -2.14. The number of fused-ring (bicyclic) bond motifs is 1. The van der Waals surface area contributed by atoms with Crippen LogP contribution in [0.15, 0.2) is 30.5 Å². The number of benzene rings is 1. The van der Waals surface area contributed by atoms with Crippen molar-refractivity contribution in [3.63, 3.8) is 0 Å². The van der Waals surface area contributed by atoms with E-state index < -0.39 is 0 Å². The van der Waals surface area contributed by atoms with E-state index >= 15 is 0 Å². The average Bonchev–Trinajstić information content (AvgIpc) is 2.75. The monoisotopic (exact) mass is 311 g/mol. The molecule has 1 aromatic heterocycles. The van der Waals surface area contributed by atoms with E-state index in [0.717, 1.165) is 5.33 Å². The second-order valence-electron chi connectivity index (χ2n) is 4.82. The molecule has 0 aliphatic heterocycles. The molecule has 0 unspecified atom stereocenters. The minimum absolute atomic E-state index is 0.318. The molecule has 98 valence electrons. The number of para-hydroxylation sites is 1. The molecular weight excluding hydrogens is 294 g/mol. The molecule has 4 heteroatoms. The number of carbonyl (C=O) groups is 1. The van der Waals surface area contributed by atoms with Crippen LogP contribution in [-0.4, -0.2) is 17.1 Å². The molecule has 1 N–H and O–H groups in total. The van der Waals surface area contributed by atoms with E-state index in [0.29, 0.717) is 6.47 Å². The van der Waals surface area contributed by atoms with Crippen LogP contribution in [0.2, 0.25) is 0 Å². The Morgan fingerprint density at radius 1 is 1.33 bits per heavy atom. The van der Waals surface area contributed by atoms with Gasteiger partial charge in [-0.05, 0) is 37.8 Å². The van der Waals surface area contributed by atoms with Crippen molar-refractivity contribution < 1.29 is 9.53 Å². The molecule has 0 amide bonds. The van der Waals surface area contributed by atoms with E-state index in [1.165, 1.54) is 16.5 Å². The highest BCUT2D eigenvalue weighted by Gasteiger charge is 2.07. The summed E-state index contributed by atoms with van der Waals surface area (Å²) < 4.78 is 4.55. The van der Waals surface area contributed by atoms with Crippen LogP contribution in [0.1, 0.15) is 26.3 Å². The summed E-state index contributed by atoms with van der Waals surface area (Å²) in [4.78, 5) is 12.8. The molecule has 0 aliphatic rings.